The number of H-pyrrole nitrogens is 2. The lowest BCUT2D eigenvalue weighted by molar-refractivity contribution is 0.108. The number of anilines is 3. The van der Waals surface area contributed by atoms with Crippen LogP contribution in [0, 0.1) is 0 Å². The van der Waals surface area contributed by atoms with E-state index in [2.05, 4.69) is 59.8 Å². The normalized spacial score (nSPS) is 17.5. The molecule has 0 spiro atoms. The van der Waals surface area contributed by atoms with Crippen LogP contribution in [-0.4, -0.2) is 36.7 Å². The number of hydrogen-bond acceptors (Lipinski definition) is 7. The first-order valence-corrected chi connectivity index (χ1v) is 9.71. The fourth-order valence-electron chi connectivity index (χ4n) is 3.51. The van der Waals surface area contributed by atoms with Gasteiger partial charge in [0.25, 0.3) is 0 Å². The Morgan fingerprint density at radius 2 is 2.14 bits per heavy atom. The summed E-state index contributed by atoms with van der Waals surface area (Å²) in [6, 6.07) is 9.96. The molecule has 1 unspecified atom stereocenters. The number of aromatic nitrogens is 6. The van der Waals surface area contributed by atoms with E-state index in [0.717, 1.165) is 41.7 Å². The van der Waals surface area contributed by atoms with Crippen molar-refractivity contribution in [1.29, 1.82) is 0 Å². The van der Waals surface area contributed by atoms with Crippen molar-refractivity contribution < 1.29 is 4.74 Å². The lowest BCUT2D eigenvalue weighted by Crippen LogP contribution is -2.10. The molecule has 1 aromatic carbocycles. The summed E-state index contributed by atoms with van der Waals surface area (Å²) in [5, 5.41) is 13.9. The van der Waals surface area contributed by atoms with Crippen LogP contribution in [-0.2, 0) is 4.74 Å². The molecule has 0 bridgehead atoms. The van der Waals surface area contributed by atoms with E-state index in [-0.39, 0.29) is 12.1 Å². The van der Waals surface area contributed by atoms with Crippen LogP contribution in [0.15, 0.2) is 42.9 Å². The quantitative estimate of drug-likeness (QED) is 0.395. The molecule has 2 atom stereocenters. The Hall–Kier alpha value is -3.46. The zero-order valence-electron chi connectivity index (χ0n) is 16.0. The number of ether oxygens (including phenoxy) is 1. The molecule has 0 aliphatic carbocycles. The van der Waals surface area contributed by atoms with Crippen molar-refractivity contribution in [3.8, 4) is 0 Å². The molecule has 4 heterocycles. The maximum Gasteiger partial charge on any atom is 0.225 e. The van der Waals surface area contributed by atoms with Crippen molar-refractivity contribution >= 4 is 28.6 Å². The van der Waals surface area contributed by atoms with Gasteiger partial charge in [0.15, 0.2) is 5.82 Å². The van der Waals surface area contributed by atoms with E-state index in [1.165, 1.54) is 0 Å². The van der Waals surface area contributed by atoms with Gasteiger partial charge in [-0.2, -0.15) is 10.1 Å². The first-order valence-electron chi connectivity index (χ1n) is 9.71. The van der Waals surface area contributed by atoms with Gasteiger partial charge in [-0.05, 0) is 43.5 Å². The molecule has 1 aliphatic rings. The van der Waals surface area contributed by atoms with Crippen LogP contribution in [0.4, 0.5) is 17.6 Å². The Morgan fingerprint density at radius 1 is 1.17 bits per heavy atom. The van der Waals surface area contributed by atoms with E-state index in [1.54, 1.807) is 12.5 Å². The van der Waals surface area contributed by atoms with Gasteiger partial charge >= 0.3 is 0 Å². The summed E-state index contributed by atoms with van der Waals surface area (Å²) >= 11 is 0. The third-order valence-corrected chi connectivity index (χ3v) is 5.08. The van der Waals surface area contributed by atoms with Gasteiger partial charge in [-0.25, -0.2) is 9.97 Å². The van der Waals surface area contributed by atoms with Crippen molar-refractivity contribution in [3.05, 3.63) is 54.1 Å². The lowest BCUT2D eigenvalue weighted by atomic mass is 10.1. The smallest absolute Gasteiger partial charge is 0.225 e. The number of imidazole rings is 1. The fourth-order valence-corrected chi connectivity index (χ4v) is 3.51. The Bertz CT molecular complexity index is 1110. The van der Waals surface area contributed by atoms with Crippen LogP contribution in [0.3, 0.4) is 0 Å². The molecule has 0 saturated carbocycles. The predicted molar refractivity (Wildman–Crippen MR) is 110 cm³/mol. The molecule has 9 heteroatoms. The molecule has 1 fully saturated rings. The molecule has 1 saturated heterocycles. The Morgan fingerprint density at radius 3 is 3.03 bits per heavy atom. The van der Waals surface area contributed by atoms with Crippen LogP contribution >= 0.6 is 0 Å². The van der Waals surface area contributed by atoms with E-state index in [4.69, 9.17) is 4.74 Å². The number of fused-ring (bicyclic) bond motifs is 1. The highest BCUT2D eigenvalue weighted by atomic mass is 16.5. The number of rotatable bonds is 6. The molecule has 4 N–H and O–H groups in total. The molecule has 148 valence electrons. The van der Waals surface area contributed by atoms with E-state index in [0.29, 0.717) is 17.6 Å². The third kappa shape index (κ3) is 3.77. The number of hydrogen-bond donors (Lipinski definition) is 4. The van der Waals surface area contributed by atoms with Crippen LogP contribution in [0.1, 0.15) is 43.2 Å². The zero-order chi connectivity index (χ0) is 19.6. The van der Waals surface area contributed by atoms with Gasteiger partial charge in [-0.3, -0.25) is 5.10 Å². The van der Waals surface area contributed by atoms with Crippen molar-refractivity contribution in [3.63, 3.8) is 0 Å². The molecule has 4 aromatic rings. The van der Waals surface area contributed by atoms with Gasteiger partial charge in [0.1, 0.15) is 5.82 Å². The maximum absolute atomic E-state index is 5.69. The summed E-state index contributed by atoms with van der Waals surface area (Å²) in [7, 11) is 0. The van der Waals surface area contributed by atoms with E-state index in [9.17, 15) is 0 Å². The molecule has 29 heavy (non-hydrogen) atoms. The van der Waals surface area contributed by atoms with Crippen molar-refractivity contribution in [1.82, 2.24) is 30.1 Å². The lowest BCUT2D eigenvalue weighted by Gasteiger charge is -2.14. The highest BCUT2D eigenvalue weighted by molar-refractivity contribution is 5.75. The minimum atomic E-state index is 0.0304. The molecule has 5 rings (SSSR count). The summed E-state index contributed by atoms with van der Waals surface area (Å²) in [4.78, 5) is 16.3. The minimum absolute atomic E-state index is 0.0304. The van der Waals surface area contributed by atoms with Crippen molar-refractivity contribution in [2.45, 2.75) is 31.9 Å². The summed E-state index contributed by atoms with van der Waals surface area (Å²) in [5.41, 5.74) is 4.05. The largest absolute Gasteiger partial charge is 0.372 e. The van der Waals surface area contributed by atoms with Crippen LogP contribution < -0.4 is 10.6 Å². The first kappa shape index (κ1) is 17.6. The average Bonchev–Trinajstić information content (AvgIpc) is 3.48. The Balaban J connectivity index is 1.28. The summed E-state index contributed by atoms with van der Waals surface area (Å²) in [6.45, 7) is 2.87. The van der Waals surface area contributed by atoms with Gasteiger partial charge in [-0.15, -0.1) is 0 Å². The highest BCUT2D eigenvalue weighted by Crippen LogP contribution is 2.29. The number of aromatic amines is 2. The zero-order valence-corrected chi connectivity index (χ0v) is 16.0. The average molecular weight is 390 g/mol. The second-order valence-electron chi connectivity index (χ2n) is 7.15. The molecule has 3 aromatic heterocycles. The minimum Gasteiger partial charge on any atom is -0.372 e. The van der Waals surface area contributed by atoms with Crippen molar-refractivity contribution in [2.24, 2.45) is 0 Å². The summed E-state index contributed by atoms with van der Waals surface area (Å²) < 4.78 is 5.69. The fraction of sp³-hybridized carbons (Fsp3) is 0.300. The number of nitrogens with one attached hydrogen (secondary N) is 4. The molecule has 0 amide bonds. The van der Waals surface area contributed by atoms with Crippen LogP contribution in [0.2, 0.25) is 0 Å². The first-order chi connectivity index (χ1) is 14.2. The third-order valence-electron chi connectivity index (χ3n) is 5.08. The highest BCUT2D eigenvalue weighted by Gasteiger charge is 2.20. The molecule has 1 aliphatic heterocycles. The molecular formula is C20H22N8O. The topological polar surface area (TPSA) is 116 Å². The number of benzene rings is 1. The predicted octanol–water partition coefficient (Wildman–Crippen LogP) is 3.84. The molecule has 0 radical (unpaired) electrons. The Kier molecular flexibility index (Phi) is 4.57. The second kappa shape index (κ2) is 7.51. The van der Waals surface area contributed by atoms with Gasteiger partial charge in [-0.1, -0.05) is 6.07 Å². The van der Waals surface area contributed by atoms with Crippen LogP contribution in [0.5, 0.6) is 0 Å². The van der Waals surface area contributed by atoms with Crippen LogP contribution in [0.25, 0.3) is 11.0 Å². The summed E-state index contributed by atoms with van der Waals surface area (Å²) in [6.07, 6.45) is 5.62. The van der Waals surface area contributed by atoms with Gasteiger partial charge in [0.2, 0.25) is 5.95 Å². The van der Waals surface area contributed by atoms with Crippen molar-refractivity contribution in [2.75, 3.05) is 17.2 Å². The Labute approximate surface area is 167 Å². The van der Waals surface area contributed by atoms with E-state index in [1.807, 2.05) is 18.2 Å². The maximum atomic E-state index is 5.69. The van der Waals surface area contributed by atoms with Gasteiger partial charge in [0, 0.05) is 18.9 Å². The SMILES string of the molecule is C[C@H](Nc1nccc(Nc2cc(C3CCCO3)[nH]n2)n1)c1ccc2[nH]cnc2c1. The van der Waals surface area contributed by atoms with E-state index < -0.39 is 0 Å². The van der Waals surface area contributed by atoms with E-state index >= 15 is 0 Å². The number of nitrogens with zero attached hydrogens (tertiary/aromatic N) is 4. The van der Waals surface area contributed by atoms with Gasteiger partial charge < -0.3 is 20.4 Å². The summed E-state index contributed by atoms with van der Waals surface area (Å²) in [5.74, 6) is 1.92. The van der Waals surface area contributed by atoms with Gasteiger partial charge in [0.05, 0.1) is 35.2 Å². The monoisotopic (exact) mass is 390 g/mol. The standard InChI is InChI=1S/C20H22N8O/c1-12(13-4-5-14-15(9-13)23-11-22-14)24-20-21-7-6-18(26-20)25-19-10-16(27-28-19)17-3-2-8-29-17/h4-7,9-12,17H,2-3,8H2,1H3,(H,22,23)(H3,21,24,25,26,27,28)/t12-,17?/m0/s1. The molecular weight excluding hydrogens is 368 g/mol. The molecule has 9 nitrogen and oxygen atoms in total. The second-order valence-corrected chi connectivity index (χ2v) is 7.15.